The Labute approximate surface area is 241 Å². The van der Waals surface area contributed by atoms with Gasteiger partial charge in [0.1, 0.15) is 18.3 Å². The molecule has 4 aliphatic carbocycles. The van der Waals surface area contributed by atoms with E-state index in [1.165, 1.54) is 19.3 Å². The lowest BCUT2D eigenvalue weighted by Gasteiger charge is -2.61. The molecular formula is C32H41N3O6. The zero-order valence-corrected chi connectivity index (χ0v) is 24.6. The first-order valence-corrected chi connectivity index (χ1v) is 14.7. The highest BCUT2D eigenvalue weighted by Gasteiger charge is 2.60. The molecule has 0 radical (unpaired) electrons. The SMILES string of the molecule is CC(C)(C)OC(=O)N1C[C@@H]2C(Oc3cc(C(C)(C)NC(=O)OCc4ccccc4)cc(OCC45CC(C4)C5)n3)[C@@H]2C1. The van der Waals surface area contributed by atoms with Crippen molar-refractivity contribution in [3.8, 4) is 11.8 Å². The van der Waals surface area contributed by atoms with E-state index in [-0.39, 0.29) is 30.6 Å². The normalized spacial score (nSPS) is 27.6. The number of carbonyl (C=O) groups is 2. The van der Waals surface area contributed by atoms with E-state index in [1.54, 1.807) is 4.90 Å². The first-order valence-electron chi connectivity index (χ1n) is 14.7. The minimum Gasteiger partial charge on any atom is -0.477 e. The summed E-state index contributed by atoms with van der Waals surface area (Å²) in [6, 6.07) is 13.3. The van der Waals surface area contributed by atoms with Gasteiger partial charge in [-0.1, -0.05) is 30.3 Å². The fraction of sp³-hybridized carbons (Fsp3) is 0.594. The third-order valence-corrected chi connectivity index (χ3v) is 8.84. The number of fused-ring (bicyclic) bond motifs is 1. The molecule has 5 aliphatic rings. The molecule has 9 heteroatoms. The highest BCUT2D eigenvalue weighted by atomic mass is 16.6. The van der Waals surface area contributed by atoms with Crippen LogP contribution in [0.3, 0.4) is 0 Å². The average molecular weight is 564 g/mol. The number of amides is 2. The molecule has 1 saturated heterocycles. The number of nitrogens with zero attached hydrogens (tertiary/aromatic N) is 2. The fourth-order valence-corrected chi connectivity index (χ4v) is 6.39. The average Bonchev–Trinajstić information content (AvgIpc) is 3.27. The van der Waals surface area contributed by atoms with Gasteiger partial charge >= 0.3 is 12.2 Å². The molecule has 220 valence electrons. The standard InChI is InChI=1S/C32H41N3O6/c1-30(2,3)41-29(37)35-16-23-24(17-35)27(23)40-26-12-22(11-25(33-26)39-19-32-13-21(14-32)15-32)31(4,5)34-28(36)38-18-20-9-7-6-8-10-20/h6-12,21,23-24,27H,13-19H2,1-5H3,(H,34,36)/t21?,23-,24+,27?,32?. The first-order chi connectivity index (χ1) is 19.4. The number of nitrogens with one attached hydrogen (secondary N) is 1. The van der Waals surface area contributed by atoms with Crippen LogP contribution in [0.4, 0.5) is 9.59 Å². The Morgan fingerprint density at radius 1 is 1.00 bits per heavy atom. The zero-order valence-electron chi connectivity index (χ0n) is 24.6. The molecule has 1 N–H and O–H groups in total. The highest BCUT2D eigenvalue weighted by Crippen LogP contribution is 2.64. The first kappa shape index (κ1) is 27.7. The van der Waals surface area contributed by atoms with Crippen LogP contribution in [0.5, 0.6) is 11.8 Å². The van der Waals surface area contributed by atoms with E-state index in [0.717, 1.165) is 17.0 Å². The van der Waals surface area contributed by atoms with Crippen LogP contribution in [0, 0.1) is 23.2 Å². The van der Waals surface area contributed by atoms with Gasteiger partial charge in [-0.05, 0) is 70.9 Å². The molecule has 41 heavy (non-hydrogen) atoms. The Morgan fingerprint density at radius 3 is 2.27 bits per heavy atom. The van der Waals surface area contributed by atoms with Gasteiger partial charge in [-0.3, -0.25) is 0 Å². The van der Waals surface area contributed by atoms with E-state index < -0.39 is 17.2 Å². The molecule has 2 bridgehead atoms. The summed E-state index contributed by atoms with van der Waals surface area (Å²) in [5.41, 5.74) is 0.750. The van der Waals surface area contributed by atoms with Crippen LogP contribution in [0.1, 0.15) is 65.0 Å². The maximum Gasteiger partial charge on any atom is 0.410 e. The lowest BCUT2D eigenvalue weighted by atomic mass is 9.45. The van der Waals surface area contributed by atoms with Gasteiger partial charge in [-0.25, -0.2) is 9.59 Å². The molecular weight excluding hydrogens is 522 g/mol. The Morgan fingerprint density at radius 2 is 1.66 bits per heavy atom. The van der Waals surface area contributed by atoms with Gasteiger partial charge in [-0.15, -0.1) is 0 Å². The van der Waals surface area contributed by atoms with Crippen LogP contribution in [-0.4, -0.2) is 53.5 Å². The van der Waals surface area contributed by atoms with Crippen LogP contribution in [-0.2, 0) is 21.6 Å². The summed E-state index contributed by atoms with van der Waals surface area (Å²) in [6.45, 7) is 11.5. The van der Waals surface area contributed by atoms with Crippen molar-refractivity contribution in [2.24, 2.45) is 23.2 Å². The molecule has 4 saturated carbocycles. The maximum absolute atomic E-state index is 12.7. The number of alkyl carbamates (subject to hydrolysis) is 1. The predicted molar refractivity (Wildman–Crippen MR) is 151 cm³/mol. The second kappa shape index (κ2) is 10.1. The number of aromatic nitrogens is 1. The number of hydrogen-bond donors (Lipinski definition) is 1. The van der Waals surface area contributed by atoms with Crippen LogP contribution in [0.2, 0.25) is 0 Å². The molecule has 3 atom stereocenters. The number of pyridine rings is 1. The number of benzene rings is 1. The van der Waals surface area contributed by atoms with Gasteiger partial charge in [0.25, 0.3) is 0 Å². The lowest BCUT2D eigenvalue weighted by molar-refractivity contribution is -0.132. The molecule has 2 amide bonds. The van der Waals surface area contributed by atoms with Crippen molar-refractivity contribution in [2.75, 3.05) is 19.7 Å². The molecule has 1 aliphatic heterocycles. The van der Waals surface area contributed by atoms with Crippen LogP contribution in [0.15, 0.2) is 42.5 Å². The van der Waals surface area contributed by atoms with E-state index in [1.807, 2.05) is 77.1 Å². The topological polar surface area (TPSA) is 99.2 Å². The van der Waals surface area contributed by atoms with Gasteiger partial charge in [-0.2, -0.15) is 4.98 Å². The summed E-state index contributed by atoms with van der Waals surface area (Å²) in [5, 5.41) is 2.99. The van der Waals surface area contributed by atoms with Crippen LogP contribution < -0.4 is 14.8 Å². The lowest BCUT2D eigenvalue weighted by Crippen LogP contribution is -2.55. The van der Waals surface area contributed by atoms with E-state index in [2.05, 4.69) is 5.32 Å². The van der Waals surface area contributed by atoms with Gasteiger partial charge < -0.3 is 29.2 Å². The minimum absolute atomic E-state index is 0.0196. The quantitative estimate of drug-likeness (QED) is 0.420. The predicted octanol–water partition coefficient (Wildman–Crippen LogP) is 5.67. The summed E-state index contributed by atoms with van der Waals surface area (Å²) < 4.78 is 23.6. The largest absolute Gasteiger partial charge is 0.477 e. The van der Waals surface area contributed by atoms with Crippen molar-refractivity contribution >= 4 is 12.2 Å². The molecule has 9 nitrogen and oxygen atoms in total. The third kappa shape index (κ3) is 6.09. The third-order valence-electron chi connectivity index (χ3n) is 8.84. The van der Waals surface area contributed by atoms with Crippen molar-refractivity contribution < 1.29 is 28.5 Å². The van der Waals surface area contributed by atoms with Crippen molar-refractivity contribution in [1.82, 2.24) is 15.2 Å². The monoisotopic (exact) mass is 563 g/mol. The second-order valence-corrected chi connectivity index (χ2v) is 13.9. The summed E-state index contributed by atoms with van der Waals surface area (Å²) in [4.78, 5) is 31.7. The molecule has 1 unspecified atom stereocenters. The number of hydrogen-bond acceptors (Lipinski definition) is 7. The summed E-state index contributed by atoms with van der Waals surface area (Å²) in [6.07, 6.45) is 2.89. The molecule has 1 aromatic carbocycles. The van der Waals surface area contributed by atoms with Crippen molar-refractivity contribution in [1.29, 1.82) is 0 Å². The Bertz CT molecular complexity index is 1280. The molecule has 1 aromatic heterocycles. The molecule has 2 heterocycles. The Kier molecular flexibility index (Phi) is 6.82. The number of ether oxygens (including phenoxy) is 4. The van der Waals surface area contributed by atoms with Crippen molar-refractivity contribution in [2.45, 2.75) is 77.7 Å². The van der Waals surface area contributed by atoms with Gasteiger partial charge in [0, 0.05) is 42.5 Å². The van der Waals surface area contributed by atoms with E-state index >= 15 is 0 Å². The van der Waals surface area contributed by atoms with Crippen LogP contribution >= 0.6 is 0 Å². The van der Waals surface area contributed by atoms with Gasteiger partial charge in [0.05, 0.1) is 12.1 Å². The van der Waals surface area contributed by atoms with Crippen LogP contribution in [0.25, 0.3) is 0 Å². The zero-order chi connectivity index (χ0) is 29.0. The van der Waals surface area contributed by atoms with E-state index in [4.69, 9.17) is 23.9 Å². The number of rotatable bonds is 9. The number of carbonyl (C=O) groups excluding carboxylic acids is 2. The molecule has 2 aromatic rings. The van der Waals surface area contributed by atoms with Gasteiger partial charge in [0.15, 0.2) is 0 Å². The fourth-order valence-electron chi connectivity index (χ4n) is 6.39. The minimum atomic E-state index is -0.768. The van der Waals surface area contributed by atoms with Crippen molar-refractivity contribution in [3.63, 3.8) is 0 Å². The number of likely N-dealkylation sites (tertiary alicyclic amines) is 1. The van der Waals surface area contributed by atoms with E-state index in [9.17, 15) is 9.59 Å². The molecule has 0 spiro atoms. The Hall–Kier alpha value is -3.49. The summed E-state index contributed by atoms with van der Waals surface area (Å²) >= 11 is 0. The summed E-state index contributed by atoms with van der Waals surface area (Å²) in [5.74, 6) is 2.33. The van der Waals surface area contributed by atoms with E-state index in [0.29, 0.717) is 36.9 Å². The smallest absolute Gasteiger partial charge is 0.410 e. The Balaban J connectivity index is 1.11. The molecule has 5 fully saturated rings. The maximum atomic E-state index is 12.7. The summed E-state index contributed by atoms with van der Waals surface area (Å²) in [7, 11) is 0. The molecule has 7 rings (SSSR count). The van der Waals surface area contributed by atoms with Crippen molar-refractivity contribution in [3.05, 3.63) is 53.6 Å². The van der Waals surface area contributed by atoms with Gasteiger partial charge in [0.2, 0.25) is 11.8 Å². The second-order valence-electron chi connectivity index (χ2n) is 13.9. The number of piperidine rings is 1. The highest BCUT2D eigenvalue weighted by molar-refractivity contribution is 5.69.